The number of carbonyl (C=O) groups excluding carboxylic acids is 1. The van der Waals surface area contributed by atoms with Crippen molar-refractivity contribution in [3.05, 3.63) is 53.6 Å². The van der Waals surface area contributed by atoms with E-state index < -0.39 is 0 Å². The van der Waals surface area contributed by atoms with Crippen LogP contribution in [0.1, 0.15) is 13.8 Å². The molecule has 116 valence electrons. The molecule has 22 heavy (non-hydrogen) atoms. The van der Waals surface area contributed by atoms with Gasteiger partial charge < -0.3 is 15.4 Å². The van der Waals surface area contributed by atoms with Crippen LogP contribution in [0.3, 0.4) is 0 Å². The lowest BCUT2D eigenvalue weighted by atomic mass is 10.2. The molecule has 0 radical (unpaired) electrons. The molecule has 1 atom stereocenters. The van der Waals surface area contributed by atoms with Crippen molar-refractivity contribution in [2.75, 3.05) is 17.2 Å². The fourth-order valence-electron chi connectivity index (χ4n) is 1.95. The van der Waals surface area contributed by atoms with Crippen molar-refractivity contribution in [1.82, 2.24) is 0 Å². The molecule has 2 N–H and O–H groups in total. The summed E-state index contributed by atoms with van der Waals surface area (Å²) in [7, 11) is 0. The van der Waals surface area contributed by atoms with Gasteiger partial charge in [-0.2, -0.15) is 0 Å². The number of hydrogen-bond acceptors (Lipinski definition) is 3. The summed E-state index contributed by atoms with van der Waals surface area (Å²) in [5.74, 6) is 0.681. The lowest BCUT2D eigenvalue weighted by Crippen LogP contribution is -2.31. The van der Waals surface area contributed by atoms with E-state index in [1.165, 1.54) is 0 Å². The molecule has 5 heteroatoms. The number of hydrogen-bond donors (Lipinski definition) is 2. The molecule has 0 aromatic heterocycles. The molecule has 2 aromatic rings. The van der Waals surface area contributed by atoms with E-state index in [4.69, 9.17) is 16.3 Å². The quantitative estimate of drug-likeness (QED) is 0.840. The van der Waals surface area contributed by atoms with E-state index in [1.54, 1.807) is 31.2 Å². The van der Waals surface area contributed by atoms with E-state index in [2.05, 4.69) is 10.6 Å². The molecule has 0 heterocycles. The van der Waals surface area contributed by atoms with Gasteiger partial charge in [-0.3, -0.25) is 4.79 Å². The molecule has 1 amide bonds. The Labute approximate surface area is 135 Å². The first-order valence-electron chi connectivity index (χ1n) is 7.14. The van der Waals surface area contributed by atoms with Crippen LogP contribution in [-0.2, 0) is 4.79 Å². The maximum atomic E-state index is 12.2. The number of amides is 1. The van der Waals surface area contributed by atoms with Gasteiger partial charge in [-0.1, -0.05) is 17.7 Å². The second kappa shape index (κ2) is 7.71. The van der Waals surface area contributed by atoms with E-state index in [0.717, 1.165) is 11.4 Å². The summed E-state index contributed by atoms with van der Waals surface area (Å²) in [5.41, 5.74) is 1.54. The number of benzene rings is 2. The molecule has 0 saturated heterocycles. The Morgan fingerprint density at radius 3 is 2.55 bits per heavy atom. The fraction of sp³-hybridized carbons (Fsp3) is 0.235. The normalized spacial score (nSPS) is 11.6. The Kier molecular flexibility index (Phi) is 5.67. The predicted molar refractivity (Wildman–Crippen MR) is 90.8 cm³/mol. The molecule has 0 aliphatic carbocycles. The highest BCUT2D eigenvalue weighted by molar-refractivity contribution is 6.30. The minimum atomic E-state index is -0.378. The smallest absolute Gasteiger partial charge is 0.246 e. The van der Waals surface area contributed by atoms with Crippen molar-refractivity contribution in [3.8, 4) is 5.75 Å². The average Bonchev–Trinajstić information content (AvgIpc) is 2.49. The molecule has 0 spiro atoms. The van der Waals surface area contributed by atoms with Gasteiger partial charge in [0.25, 0.3) is 0 Å². The topological polar surface area (TPSA) is 50.4 Å². The molecule has 2 aromatic carbocycles. The number of ether oxygens (including phenoxy) is 1. The highest BCUT2D eigenvalue weighted by Crippen LogP contribution is 2.18. The summed E-state index contributed by atoms with van der Waals surface area (Å²) in [4.78, 5) is 12.2. The lowest BCUT2D eigenvalue weighted by Gasteiger charge is -2.15. The summed E-state index contributed by atoms with van der Waals surface area (Å²) in [5, 5.41) is 6.56. The standard InChI is InChI=1S/C17H19ClN2O2/c1-3-22-16-9-7-14(8-10-16)19-12(2)17(21)20-15-6-4-5-13(18)11-15/h4-12,19H,3H2,1-2H3,(H,20,21). The number of anilines is 2. The van der Waals surface area contributed by atoms with Gasteiger partial charge >= 0.3 is 0 Å². The molecule has 0 saturated carbocycles. The zero-order chi connectivity index (χ0) is 15.9. The van der Waals surface area contributed by atoms with Crippen molar-refractivity contribution in [1.29, 1.82) is 0 Å². The average molecular weight is 319 g/mol. The largest absolute Gasteiger partial charge is 0.494 e. The Morgan fingerprint density at radius 2 is 1.91 bits per heavy atom. The molecule has 0 aliphatic heterocycles. The zero-order valence-electron chi connectivity index (χ0n) is 12.6. The first-order chi connectivity index (χ1) is 10.6. The summed E-state index contributed by atoms with van der Waals surface area (Å²) in [6.45, 7) is 4.37. The third-order valence-corrected chi connectivity index (χ3v) is 3.27. The van der Waals surface area contributed by atoms with Gasteiger partial charge in [0.2, 0.25) is 5.91 Å². The first-order valence-corrected chi connectivity index (χ1v) is 7.52. The van der Waals surface area contributed by atoms with Gasteiger partial charge in [-0.05, 0) is 56.3 Å². The Morgan fingerprint density at radius 1 is 1.18 bits per heavy atom. The molecule has 0 aliphatic rings. The molecule has 2 rings (SSSR count). The second-order valence-electron chi connectivity index (χ2n) is 4.82. The van der Waals surface area contributed by atoms with E-state index in [0.29, 0.717) is 17.3 Å². The van der Waals surface area contributed by atoms with Crippen LogP contribution in [0.25, 0.3) is 0 Å². The van der Waals surface area contributed by atoms with Crippen LogP contribution in [0.2, 0.25) is 5.02 Å². The number of rotatable bonds is 6. The van der Waals surface area contributed by atoms with Crippen molar-refractivity contribution < 1.29 is 9.53 Å². The van der Waals surface area contributed by atoms with Crippen molar-refractivity contribution in [2.24, 2.45) is 0 Å². The summed E-state index contributed by atoms with van der Waals surface area (Å²) < 4.78 is 5.38. The molecule has 0 bridgehead atoms. The van der Waals surface area contributed by atoms with Gasteiger partial charge in [0.05, 0.1) is 6.61 Å². The molecule has 0 fully saturated rings. The number of carbonyl (C=O) groups is 1. The van der Waals surface area contributed by atoms with Crippen molar-refractivity contribution >= 4 is 28.9 Å². The third kappa shape index (κ3) is 4.67. The van der Waals surface area contributed by atoms with Crippen LogP contribution in [0, 0.1) is 0 Å². The Hall–Kier alpha value is -2.20. The van der Waals surface area contributed by atoms with E-state index >= 15 is 0 Å². The third-order valence-electron chi connectivity index (χ3n) is 3.03. The van der Waals surface area contributed by atoms with Gasteiger partial charge in [0.15, 0.2) is 0 Å². The Balaban J connectivity index is 1.93. The fourth-order valence-corrected chi connectivity index (χ4v) is 2.14. The highest BCUT2D eigenvalue weighted by atomic mass is 35.5. The highest BCUT2D eigenvalue weighted by Gasteiger charge is 2.12. The first kappa shape index (κ1) is 16.2. The molecule has 1 unspecified atom stereocenters. The van der Waals surface area contributed by atoms with E-state index in [9.17, 15) is 4.79 Å². The minimum absolute atomic E-state index is 0.129. The van der Waals surface area contributed by atoms with Gasteiger partial charge in [0, 0.05) is 16.4 Å². The van der Waals surface area contributed by atoms with E-state index in [-0.39, 0.29) is 11.9 Å². The SMILES string of the molecule is CCOc1ccc(NC(C)C(=O)Nc2cccc(Cl)c2)cc1. The predicted octanol–water partition coefficient (Wildman–Crippen LogP) is 4.18. The van der Waals surface area contributed by atoms with E-state index in [1.807, 2.05) is 31.2 Å². The second-order valence-corrected chi connectivity index (χ2v) is 5.26. The lowest BCUT2D eigenvalue weighted by molar-refractivity contribution is -0.116. The van der Waals surface area contributed by atoms with Crippen LogP contribution in [0.4, 0.5) is 11.4 Å². The monoisotopic (exact) mass is 318 g/mol. The van der Waals surface area contributed by atoms with Gasteiger partial charge in [-0.25, -0.2) is 0 Å². The van der Waals surface area contributed by atoms with Crippen molar-refractivity contribution in [3.63, 3.8) is 0 Å². The van der Waals surface area contributed by atoms with Crippen LogP contribution >= 0.6 is 11.6 Å². The summed E-state index contributed by atoms with van der Waals surface area (Å²) in [6.07, 6.45) is 0. The molecule has 4 nitrogen and oxygen atoms in total. The van der Waals surface area contributed by atoms with Crippen LogP contribution in [0.5, 0.6) is 5.75 Å². The maximum absolute atomic E-state index is 12.2. The van der Waals surface area contributed by atoms with Gasteiger partial charge in [0.1, 0.15) is 11.8 Å². The van der Waals surface area contributed by atoms with Crippen LogP contribution in [0.15, 0.2) is 48.5 Å². The number of nitrogens with one attached hydrogen (secondary N) is 2. The summed E-state index contributed by atoms with van der Waals surface area (Å²) in [6, 6.07) is 14.2. The molecular weight excluding hydrogens is 300 g/mol. The summed E-state index contributed by atoms with van der Waals surface area (Å²) >= 11 is 5.90. The minimum Gasteiger partial charge on any atom is -0.494 e. The van der Waals surface area contributed by atoms with Crippen LogP contribution in [-0.4, -0.2) is 18.6 Å². The number of halogens is 1. The van der Waals surface area contributed by atoms with Crippen molar-refractivity contribution in [2.45, 2.75) is 19.9 Å². The maximum Gasteiger partial charge on any atom is 0.246 e. The Bertz CT molecular complexity index is 629. The van der Waals surface area contributed by atoms with Crippen LogP contribution < -0.4 is 15.4 Å². The molecular formula is C17H19ClN2O2. The zero-order valence-corrected chi connectivity index (χ0v) is 13.4. The van der Waals surface area contributed by atoms with Gasteiger partial charge in [-0.15, -0.1) is 0 Å².